The van der Waals surface area contributed by atoms with Crippen LogP contribution in [0.25, 0.3) is 0 Å². The molecule has 1 N–H and O–H groups in total. The van der Waals surface area contributed by atoms with Crippen LogP contribution in [0, 0.1) is 17.6 Å². The standard InChI is InChI=1S/C19H18F2N2O3S/c20-14-8-15(21)10-16(9-14)27(25,26)23-11-12-6-17(18(23)7-12)22-19(24)13-4-2-1-3-5-13/h1-5,8-10,12,17-18H,6-7,11H2,(H,22,24)/t12-,17+,18-/m1/s1. The molecule has 0 unspecified atom stereocenters. The summed E-state index contributed by atoms with van der Waals surface area (Å²) in [6, 6.07) is 10.2. The van der Waals surface area contributed by atoms with E-state index < -0.39 is 32.6 Å². The van der Waals surface area contributed by atoms with Crippen molar-refractivity contribution in [3.63, 3.8) is 0 Å². The van der Waals surface area contributed by atoms with E-state index in [2.05, 4.69) is 5.32 Å². The first-order valence-corrected chi connectivity index (χ1v) is 10.1. The fraction of sp³-hybridized carbons (Fsp3) is 0.316. The summed E-state index contributed by atoms with van der Waals surface area (Å²) in [7, 11) is -4.05. The summed E-state index contributed by atoms with van der Waals surface area (Å²) in [4.78, 5) is 12.0. The Morgan fingerprint density at radius 1 is 1.04 bits per heavy atom. The maximum Gasteiger partial charge on any atom is 0.251 e. The highest BCUT2D eigenvalue weighted by Gasteiger charge is 2.50. The molecule has 0 radical (unpaired) electrons. The molecule has 1 aliphatic heterocycles. The number of nitrogens with zero attached hydrogens (tertiary/aromatic N) is 1. The number of benzene rings is 2. The van der Waals surface area contributed by atoms with Gasteiger partial charge in [0.2, 0.25) is 10.0 Å². The van der Waals surface area contributed by atoms with E-state index in [-0.39, 0.29) is 17.9 Å². The number of hydrogen-bond donors (Lipinski definition) is 1. The van der Waals surface area contributed by atoms with Crippen molar-refractivity contribution in [2.24, 2.45) is 5.92 Å². The van der Waals surface area contributed by atoms with Gasteiger partial charge in [0, 0.05) is 30.3 Å². The van der Waals surface area contributed by atoms with Crippen LogP contribution in [0.4, 0.5) is 8.78 Å². The van der Waals surface area contributed by atoms with Gasteiger partial charge in [-0.15, -0.1) is 0 Å². The molecule has 1 heterocycles. The molecule has 2 bridgehead atoms. The van der Waals surface area contributed by atoms with E-state index in [1.165, 1.54) is 4.31 Å². The second-order valence-corrected chi connectivity index (χ2v) is 8.92. The van der Waals surface area contributed by atoms with Gasteiger partial charge in [-0.1, -0.05) is 18.2 Å². The molecule has 3 atom stereocenters. The van der Waals surface area contributed by atoms with Gasteiger partial charge < -0.3 is 5.32 Å². The lowest BCUT2D eigenvalue weighted by Gasteiger charge is -2.32. The number of sulfonamides is 1. The summed E-state index contributed by atoms with van der Waals surface area (Å²) in [5.41, 5.74) is 0.502. The predicted octanol–water partition coefficient (Wildman–Crippen LogP) is 2.55. The molecule has 142 valence electrons. The van der Waals surface area contributed by atoms with Crippen molar-refractivity contribution in [2.45, 2.75) is 29.8 Å². The molecular weight excluding hydrogens is 374 g/mol. The van der Waals surface area contributed by atoms with Crippen molar-refractivity contribution in [1.29, 1.82) is 0 Å². The van der Waals surface area contributed by atoms with Crippen LogP contribution in [0.15, 0.2) is 53.4 Å². The maximum atomic E-state index is 13.5. The smallest absolute Gasteiger partial charge is 0.251 e. The third kappa shape index (κ3) is 3.35. The van der Waals surface area contributed by atoms with E-state index in [0.717, 1.165) is 12.1 Å². The summed E-state index contributed by atoms with van der Waals surface area (Å²) in [6.07, 6.45) is 1.31. The lowest BCUT2D eigenvalue weighted by Crippen LogP contribution is -2.51. The Kier molecular flexibility index (Phi) is 4.47. The van der Waals surface area contributed by atoms with E-state index in [1.807, 2.05) is 0 Å². The number of nitrogens with one attached hydrogen (secondary N) is 1. The molecule has 5 nitrogen and oxygen atoms in total. The van der Waals surface area contributed by atoms with E-state index in [1.54, 1.807) is 30.3 Å². The van der Waals surface area contributed by atoms with E-state index in [4.69, 9.17) is 0 Å². The molecule has 2 aromatic carbocycles. The highest BCUT2D eigenvalue weighted by Crippen LogP contribution is 2.41. The van der Waals surface area contributed by atoms with Gasteiger partial charge in [0.25, 0.3) is 5.91 Å². The average Bonchev–Trinajstić information content (AvgIpc) is 3.22. The van der Waals surface area contributed by atoms with Crippen molar-refractivity contribution in [1.82, 2.24) is 9.62 Å². The Morgan fingerprint density at radius 2 is 1.70 bits per heavy atom. The Labute approximate surface area is 156 Å². The lowest BCUT2D eigenvalue weighted by atomic mass is 10.1. The van der Waals surface area contributed by atoms with Crippen molar-refractivity contribution < 1.29 is 22.0 Å². The summed E-state index contributed by atoms with van der Waals surface area (Å²) < 4.78 is 54.1. The molecule has 2 aliphatic rings. The molecule has 1 aliphatic carbocycles. The first kappa shape index (κ1) is 18.1. The zero-order chi connectivity index (χ0) is 19.2. The highest BCUT2D eigenvalue weighted by molar-refractivity contribution is 7.89. The van der Waals surface area contributed by atoms with Gasteiger partial charge in [0.05, 0.1) is 4.90 Å². The molecule has 27 heavy (non-hydrogen) atoms. The number of piperidine rings is 1. The average molecular weight is 392 g/mol. The van der Waals surface area contributed by atoms with Gasteiger partial charge in [-0.2, -0.15) is 4.31 Å². The second kappa shape index (κ2) is 6.69. The first-order valence-electron chi connectivity index (χ1n) is 8.68. The van der Waals surface area contributed by atoms with Crippen molar-refractivity contribution in [3.8, 4) is 0 Å². The van der Waals surface area contributed by atoms with Gasteiger partial charge >= 0.3 is 0 Å². The number of halogens is 2. The Morgan fingerprint density at radius 3 is 2.33 bits per heavy atom. The summed E-state index contributed by atoms with van der Waals surface area (Å²) in [5, 5.41) is 2.91. The van der Waals surface area contributed by atoms with Crippen molar-refractivity contribution >= 4 is 15.9 Å². The fourth-order valence-corrected chi connectivity index (χ4v) is 5.85. The minimum atomic E-state index is -4.05. The van der Waals surface area contributed by atoms with Crippen LogP contribution in [-0.2, 0) is 10.0 Å². The minimum absolute atomic E-state index is 0.115. The number of amides is 1. The minimum Gasteiger partial charge on any atom is -0.348 e. The third-order valence-corrected chi connectivity index (χ3v) is 7.10. The fourth-order valence-electron chi connectivity index (χ4n) is 4.06. The molecule has 1 saturated carbocycles. The van der Waals surface area contributed by atoms with Crippen LogP contribution < -0.4 is 5.32 Å². The van der Waals surface area contributed by atoms with Crippen molar-refractivity contribution in [2.75, 3.05) is 6.54 Å². The number of carbonyl (C=O) groups is 1. The van der Waals surface area contributed by atoms with Gasteiger partial charge in [0.1, 0.15) is 11.6 Å². The van der Waals surface area contributed by atoms with Gasteiger partial charge in [-0.05, 0) is 43.0 Å². The predicted molar refractivity (Wildman–Crippen MR) is 94.5 cm³/mol. The topological polar surface area (TPSA) is 66.5 Å². The molecule has 2 aromatic rings. The molecular formula is C19H18F2N2O3S. The van der Waals surface area contributed by atoms with E-state index in [9.17, 15) is 22.0 Å². The van der Waals surface area contributed by atoms with Gasteiger partial charge in [0.15, 0.2) is 0 Å². The molecule has 2 fully saturated rings. The van der Waals surface area contributed by atoms with Crippen LogP contribution in [-0.4, -0.2) is 37.3 Å². The Bertz CT molecular complexity index is 961. The molecule has 0 spiro atoms. The largest absolute Gasteiger partial charge is 0.348 e. The third-order valence-electron chi connectivity index (χ3n) is 5.23. The highest BCUT2D eigenvalue weighted by atomic mass is 32.2. The quantitative estimate of drug-likeness (QED) is 0.870. The van der Waals surface area contributed by atoms with E-state index in [0.29, 0.717) is 31.0 Å². The van der Waals surface area contributed by atoms with Crippen LogP contribution >= 0.6 is 0 Å². The summed E-state index contributed by atoms with van der Waals surface area (Å²) in [5.74, 6) is -2.02. The zero-order valence-electron chi connectivity index (χ0n) is 14.3. The molecule has 1 amide bonds. The number of fused-ring (bicyclic) bond motifs is 2. The summed E-state index contributed by atoms with van der Waals surface area (Å²) in [6.45, 7) is 0.294. The van der Waals surface area contributed by atoms with Crippen LogP contribution in [0.2, 0.25) is 0 Å². The lowest BCUT2D eigenvalue weighted by molar-refractivity contribution is 0.0917. The van der Waals surface area contributed by atoms with E-state index >= 15 is 0 Å². The first-order chi connectivity index (χ1) is 12.8. The maximum absolute atomic E-state index is 13.5. The summed E-state index contributed by atoms with van der Waals surface area (Å²) >= 11 is 0. The molecule has 8 heteroatoms. The van der Waals surface area contributed by atoms with Crippen LogP contribution in [0.1, 0.15) is 23.2 Å². The SMILES string of the molecule is O=C(N[C@H]1C[C@@H]2C[C@H]1N(S(=O)(=O)c1cc(F)cc(F)c1)C2)c1ccccc1. The zero-order valence-corrected chi connectivity index (χ0v) is 15.1. The monoisotopic (exact) mass is 392 g/mol. The van der Waals surface area contributed by atoms with Crippen LogP contribution in [0.3, 0.4) is 0 Å². The van der Waals surface area contributed by atoms with Gasteiger partial charge in [-0.25, -0.2) is 17.2 Å². The number of rotatable bonds is 4. The number of carbonyl (C=O) groups excluding carboxylic acids is 1. The molecule has 4 rings (SSSR count). The Hall–Kier alpha value is -2.32. The molecule has 0 aromatic heterocycles. The second-order valence-electron chi connectivity index (χ2n) is 7.03. The van der Waals surface area contributed by atoms with Crippen molar-refractivity contribution in [3.05, 3.63) is 65.7 Å². The molecule has 1 saturated heterocycles. The normalized spacial score (nSPS) is 24.9. The number of hydrogen-bond acceptors (Lipinski definition) is 3. The van der Waals surface area contributed by atoms with Crippen LogP contribution in [0.5, 0.6) is 0 Å². The Balaban J connectivity index is 1.56. The van der Waals surface area contributed by atoms with Gasteiger partial charge in [-0.3, -0.25) is 4.79 Å².